The van der Waals surface area contributed by atoms with Gasteiger partial charge in [-0.25, -0.2) is 4.98 Å². The minimum absolute atomic E-state index is 0.211. The Morgan fingerprint density at radius 3 is 2.62 bits per heavy atom. The summed E-state index contributed by atoms with van der Waals surface area (Å²) in [6.07, 6.45) is 2.78. The molecule has 1 amide bonds. The van der Waals surface area contributed by atoms with Crippen LogP contribution in [0.25, 0.3) is 0 Å². The second kappa shape index (κ2) is 8.65. The Bertz CT molecular complexity index is 971. The molecule has 0 aliphatic carbocycles. The van der Waals surface area contributed by atoms with Crippen LogP contribution >= 0.6 is 0 Å². The molecule has 2 heterocycles. The number of carbonyl (C=O) groups excluding carboxylic acids is 1. The third-order valence-corrected chi connectivity index (χ3v) is 4.90. The molecule has 0 saturated carbocycles. The first-order valence-corrected chi connectivity index (χ1v) is 9.61. The number of fused-ring (bicyclic) bond motifs is 1. The molecule has 0 unspecified atom stereocenters. The maximum absolute atomic E-state index is 12.3. The van der Waals surface area contributed by atoms with E-state index in [0.29, 0.717) is 18.8 Å². The van der Waals surface area contributed by atoms with Gasteiger partial charge in [0.25, 0.3) is 5.91 Å². The van der Waals surface area contributed by atoms with Crippen molar-refractivity contribution in [1.29, 1.82) is 0 Å². The summed E-state index contributed by atoms with van der Waals surface area (Å²) >= 11 is 0. The van der Waals surface area contributed by atoms with Gasteiger partial charge in [0.1, 0.15) is 23.8 Å². The molecule has 3 aromatic rings. The maximum Gasteiger partial charge on any atom is 0.269 e. The Morgan fingerprint density at radius 1 is 1.07 bits per heavy atom. The lowest BCUT2D eigenvalue weighted by Gasteiger charge is -2.19. The second-order valence-corrected chi connectivity index (χ2v) is 6.71. The summed E-state index contributed by atoms with van der Waals surface area (Å²) in [6.45, 7) is 1.70. The van der Waals surface area contributed by atoms with Gasteiger partial charge < -0.3 is 19.7 Å². The molecule has 6 nitrogen and oxygen atoms in total. The van der Waals surface area contributed by atoms with Crippen molar-refractivity contribution < 1.29 is 14.3 Å². The largest absolute Gasteiger partial charge is 0.497 e. The summed E-state index contributed by atoms with van der Waals surface area (Å²) in [5.74, 6) is 1.29. The van der Waals surface area contributed by atoms with Crippen molar-refractivity contribution in [3.63, 3.8) is 0 Å². The molecule has 0 bridgehead atoms. The molecule has 6 heteroatoms. The number of benzene rings is 2. The Balaban J connectivity index is 1.28. The van der Waals surface area contributed by atoms with Gasteiger partial charge in [0.15, 0.2) is 0 Å². The third-order valence-electron chi connectivity index (χ3n) is 4.90. The standard InChI is InChI=1S/C23H23N3O3/c1-28-19-7-9-20(10-8-19)29-15-13-24-23(27)21-11-6-18(16-25-21)26-14-12-17-4-2-3-5-22(17)26/h2-11,16H,12-15H2,1H3,(H,24,27). The van der Waals surface area contributed by atoms with Crippen molar-refractivity contribution in [1.82, 2.24) is 10.3 Å². The van der Waals surface area contributed by atoms with Gasteiger partial charge in [-0.15, -0.1) is 0 Å². The van der Waals surface area contributed by atoms with Crippen LogP contribution in [0, 0.1) is 0 Å². The van der Waals surface area contributed by atoms with Crippen molar-refractivity contribution in [3.05, 3.63) is 78.1 Å². The summed E-state index contributed by atoms with van der Waals surface area (Å²) < 4.78 is 10.7. The van der Waals surface area contributed by atoms with Crippen molar-refractivity contribution in [2.45, 2.75) is 6.42 Å². The lowest BCUT2D eigenvalue weighted by molar-refractivity contribution is 0.0942. The molecule has 4 rings (SSSR count). The number of pyridine rings is 1. The molecule has 29 heavy (non-hydrogen) atoms. The minimum atomic E-state index is -0.211. The van der Waals surface area contributed by atoms with E-state index >= 15 is 0 Å². The highest BCUT2D eigenvalue weighted by molar-refractivity contribution is 5.92. The number of rotatable bonds is 7. The van der Waals surface area contributed by atoms with Gasteiger partial charge in [0, 0.05) is 12.2 Å². The van der Waals surface area contributed by atoms with Crippen molar-refractivity contribution >= 4 is 17.3 Å². The lowest BCUT2D eigenvalue weighted by atomic mass is 10.2. The fourth-order valence-corrected chi connectivity index (χ4v) is 3.38. The number of para-hydroxylation sites is 1. The van der Waals surface area contributed by atoms with E-state index in [4.69, 9.17) is 9.47 Å². The van der Waals surface area contributed by atoms with Crippen LogP contribution in [0.3, 0.4) is 0 Å². The monoisotopic (exact) mass is 389 g/mol. The number of nitrogens with zero attached hydrogens (tertiary/aromatic N) is 2. The average molecular weight is 389 g/mol. The minimum Gasteiger partial charge on any atom is -0.497 e. The zero-order valence-corrected chi connectivity index (χ0v) is 16.3. The van der Waals surface area contributed by atoms with E-state index in [-0.39, 0.29) is 5.91 Å². The highest BCUT2D eigenvalue weighted by atomic mass is 16.5. The summed E-state index contributed by atoms with van der Waals surface area (Å²) in [4.78, 5) is 18.9. The molecule has 1 aromatic heterocycles. The van der Waals surface area contributed by atoms with Crippen molar-refractivity contribution in [2.75, 3.05) is 31.7 Å². The number of amides is 1. The number of hydrogen-bond acceptors (Lipinski definition) is 5. The Kier molecular flexibility index (Phi) is 5.61. The average Bonchev–Trinajstić information content (AvgIpc) is 3.21. The summed E-state index contributed by atoms with van der Waals surface area (Å²) in [6, 6.07) is 19.4. The number of hydrogen-bond donors (Lipinski definition) is 1. The molecule has 0 atom stereocenters. The van der Waals surface area contributed by atoms with E-state index in [1.54, 1.807) is 19.4 Å². The molecule has 1 aliphatic heterocycles. The van der Waals surface area contributed by atoms with Crippen LogP contribution in [0.1, 0.15) is 16.1 Å². The van der Waals surface area contributed by atoms with E-state index in [1.165, 1.54) is 11.3 Å². The lowest BCUT2D eigenvalue weighted by Crippen LogP contribution is -2.28. The van der Waals surface area contributed by atoms with Crippen LogP contribution in [-0.2, 0) is 6.42 Å². The topological polar surface area (TPSA) is 63.7 Å². The van der Waals surface area contributed by atoms with E-state index in [9.17, 15) is 4.79 Å². The van der Waals surface area contributed by atoms with Gasteiger partial charge >= 0.3 is 0 Å². The number of carbonyl (C=O) groups is 1. The number of methoxy groups -OCH3 is 1. The zero-order valence-electron chi connectivity index (χ0n) is 16.3. The molecular formula is C23H23N3O3. The molecular weight excluding hydrogens is 366 g/mol. The fourth-order valence-electron chi connectivity index (χ4n) is 3.38. The number of nitrogens with one attached hydrogen (secondary N) is 1. The Morgan fingerprint density at radius 2 is 1.86 bits per heavy atom. The molecule has 0 spiro atoms. The van der Waals surface area contributed by atoms with Gasteiger partial charge in [-0.05, 0) is 54.4 Å². The number of anilines is 2. The smallest absolute Gasteiger partial charge is 0.269 e. The van der Waals surface area contributed by atoms with Crippen LogP contribution in [0.4, 0.5) is 11.4 Å². The van der Waals surface area contributed by atoms with Crippen LogP contribution in [-0.4, -0.2) is 37.7 Å². The second-order valence-electron chi connectivity index (χ2n) is 6.71. The van der Waals surface area contributed by atoms with Gasteiger partial charge in [-0.2, -0.15) is 0 Å². The maximum atomic E-state index is 12.3. The first-order chi connectivity index (χ1) is 14.2. The van der Waals surface area contributed by atoms with E-state index in [0.717, 1.165) is 30.2 Å². The Labute approximate surface area is 170 Å². The molecule has 2 aromatic carbocycles. The first-order valence-electron chi connectivity index (χ1n) is 9.61. The summed E-state index contributed by atoms with van der Waals surface area (Å²) in [7, 11) is 1.62. The summed E-state index contributed by atoms with van der Waals surface area (Å²) in [5, 5.41) is 2.83. The van der Waals surface area contributed by atoms with Gasteiger partial charge in [-0.1, -0.05) is 18.2 Å². The van der Waals surface area contributed by atoms with Crippen LogP contribution < -0.4 is 19.7 Å². The van der Waals surface area contributed by atoms with E-state index in [1.807, 2.05) is 36.4 Å². The van der Waals surface area contributed by atoms with E-state index in [2.05, 4.69) is 33.4 Å². The zero-order chi connectivity index (χ0) is 20.1. The molecule has 0 saturated heterocycles. The molecule has 1 aliphatic rings. The van der Waals surface area contributed by atoms with Crippen molar-refractivity contribution in [3.8, 4) is 11.5 Å². The molecule has 0 radical (unpaired) electrons. The number of ether oxygens (including phenoxy) is 2. The molecule has 1 N–H and O–H groups in total. The highest BCUT2D eigenvalue weighted by Gasteiger charge is 2.20. The predicted molar refractivity (Wildman–Crippen MR) is 112 cm³/mol. The van der Waals surface area contributed by atoms with Gasteiger partial charge in [0.05, 0.1) is 25.5 Å². The normalized spacial score (nSPS) is 12.4. The first kappa shape index (κ1) is 18.8. The van der Waals surface area contributed by atoms with Crippen LogP contribution in [0.2, 0.25) is 0 Å². The predicted octanol–water partition coefficient (Wildman–Crippen LogP) is 3.59. The molecule has 148 valence electrons. The fraction of sp³-hybridized carbons (Fsp3) is 0.217. The SMILES string of the molecule is COc1ccc(OCCNC(=O)c2ccc(N3CCc4ccccc43)cn2)cc1. The number of aromatic nitrogens is 1. The van der Waals surface area contributed by atoms with Gasteiger partial charge in [-0.3, -0.25) is 4.79 Å². The van der Waals surface area contributed by atoms with Crippen LogP contribution in [0.5, 0.6) is 11.5 Å². The van der Waals surface area contributed by atoms with Gasteiger partial charge in [0.2, 0.25) is 0 Å². The van der Waals surface area contributed by atoms with Crippen molar-refractivity contribution in [2.24, 2.45) is 0 Å². The highest BCUT2D eigenvalue weighted by Crippen LogP contribution is 2.33. The molecule has 0 fully saturated rings. The van der Waals surface area contributed by atoms with Crippen LogP contribution in [0.15, 0.2) is 66.9 Å². The quantitative estimate of drug-likeness (QED) is 0.626. The van der Waals surface area contributed by atoms with E-state index < -0.39 is 0 Å². The Hall–Kier alpha value is -3.54. The summed E-state index contributed by atoms with van der Waals surface area (Å²) in [5.41, 5.74) is 3.94. The third kappa shape index (κ3) is 4.32.